The van der Waals surface area contributed by atoms with E-state index in [4.69, 9.17) is 16.3 Å². The molecule has 6 heteroatoms. The van der Waals surface area contributed by atoms with Crippen LogP contribution in [0.5, 0.6) is 5.75 Å². The molecule has 0 fully saturated rings. The molecule has 0 atom stereocenters. The average Bonchev–Trinajstić information content (AvgIpc) is 2.35. The van der Waals surface area contributed by atoms with Crippen LogP contribution in [0.2, 0.25) is 5.15 Å². The minimum Gasteiger partial charge on any atom is -0.495 e. The lowest BCUT2D eigenvalue weighted by atomic mass is 10.2. The fourth-order valence-electron chi connectivity index (χ4n) is 1.62. The van der Waals surface area contributed by atoms with Gasteiger partial charge in [-0.05, 0) is 32.0 Å². The number of nitrogens with zero attached hydrogens (tertiary/aromatic N) is 2. The molecule has 0 bridgehead atoms. The third-order valence-electron chi connectivity index (χ3n) is 2.61. The number of hydrogen-bond donors (Lipinski definition) is 1. The molecule has 0 spiro atoms. The van der Waals surface area contributed by atoms with Crippen molar-refractivity contribution in [3.63, 3.8) is 0 Å². The van der Waals surface area contributed by atoms with Crippen molar-refractivity contribution in [1.82, 2.24) is 9.97 Å². The van der Waals surface area contributed by atoms with Crippen molar-refractivity contribution in [2.24, 2.45) is 0 Å². The fraction of sp³-hybridized carbons (Fsp3) is 0.231. The molecule has 0 amide bonds. The Morgan fingerprint density at radius 2 is 2.00 bits per heavy atom. The summed E-state index contributed by atoms with van der Waals surface area (Å²) in [6.45, 7) is 3.67. The van der Waals surface area contributed by atoms with Crippen LogP contribution < -0.4 is 10.1 Å². The third kappa shape index (κ3) is 3.16. The first-order chi connectivity index (χ1) is 9.01. The summed E-state index contributed by atoms with van der Waals surface area (Å²) in [7, 11) is 1.62. The molecule has 1 N–H and O–H groups in total. The molecular formula is C13H13BrClN3O. The van der Waals surface area contributed by atoms with Crippen molar-refractivity contribution in [1.29, 1.82) is 0 Å². The van der Waals surface area contributed by atoms with Gasteiger partial charge in [-0.3, -0.25) is 0 Å². The molecule has 19 heavy (non-hydrogen) atoms. The molecule has 0 aliphatic rings. The van der Waals surface area contributed by atoms with E-state index >= 15 is 0 Å². The summed E-state index contributed by atoms with van der Waals surface area (Å²) in [6, 6.07) is 5.70. The van der Waals surface area contributed by atoms with Gasteiger partial charge in [-0.2, -0.15) is 0 Å². The monoisotopic (exact) mass is 341 g/mol. The van der Waals surface area contributed by atoms with E-state index in [0.717, 1.165) is 21.5 Å². The van der Waals surface area contributed by atoms with Crippen molar-refractivity contribution in [2.75, 3.05) is 12.4 Å². The first-order valence-electron chi connectivity index (χ1n) is 5.62. The predicted molar refractivity (Wildman–Crippen MR) is 80.5 cm³/mol. The number of hydrogen-bond acceptors (Lipinski definition) is 4. The molecule has 0 saturated carbocycles. The lowest BCUT2D eigenvalue weighted by Gasteiger charge is -2.13. The SMILES string of the molecule is COc1ccc(Br)cc1Nc1nc(C)nc(Cl)c1C. The topological polar surface area (TPSA) is 47.0 Å². The highest BCUT2D eigenvalue weighted by Gasteiger charge is 2.10. The van der Waals surface area contributed by atoms with Gasteiger partial charge in [-0.15, -0.1) is 0 Å². The molecule has 2 aromatic rings. The van der Waals surface area contributed by atoms with Crippen molar-refractivity contribution >= 4 is 39.0 Å². The van der Waals surface area contributed by atoms with Crippen molar-refractivity contribution in [3.8, 4) is 5.75 Å². The number of aryl methyl sites for hydroxylation is 1. The molecule has 0 unspecified atom stereocenters. The number of rotatable bonds is 3. The lowest BCUT2D eigenvalue weighted by Crippen LogP contribution is -2.02. The van der Waals surface area contributed by atoms with Crippen LogP contribution in [0, 0.1) is 13.8 Å². The van der Waals surface area contributed by atoms with Crippen LogP contribution in [0.25, 0.3) is 0 Å². The minimum absolute atomic E-state index is 0.448. The number of benzene rings is 1. The summed E-state index contributed by atoms with van der Waals surface area (Å²) in [5.74, 6) is 2.02. The Balaban J connectivity index is 2.44. The smallest absolute Gasteiger partial charge is 0.142 e. The summed E-state index contributed by atoms with van der Waals surface area (Å²) in [5, 5.41) is 3.67. The van der Waals surface area contributed by atoms with E-state index < -0.39 is 0 Å². The highest BCUT2D eigenvalue weighted by atomic mass is 79.9. The second-order valence-corrected chi connectivity index (χ2v) is 5.28. The van der Waals surface area contributed by atoms with Crippen LogP contribution >= 0.6 is 27.5 Å². The van der Waals surface area contributed by atoms with E-state index in [9.17, 15) is 0 Å². The number of ether oxygens (including phenoxy) is 1. The maximum absolute atomic E-state index is 6.06. The van der Waals surface area contributed by atoms with Crippen molar-refractivity contribution in [2.45, 2.75) is 13.8 Å². The van der Waals surface area contributed by atoms with E-state index in [0.29, 0.717) is 16.8 Å². The Bertz CT molecular complexity index is 619. The van der Waals surface area contributed by atoms with Crippen molar-refractivity contribution < 1.29 is 4.74 Å². The fourth-order valence-corrected chi connectivity index (χ4v) is 2.19. The number of methoxy groups -OCH3 is 1. The Morgan fingerprint density at radius 3 is 2.68 bits per heavy atom. The van der Waals surface area contributed by atoms with Crippen LogP contribution in [0.4, 0.5) is 11.5 Å². The van der Waals surface area contributed by atoms with Crippen LogP contribution in [0.15, 0.2) is 22.7 Å². The van der Waals surface area contributed by atoms with E-state index in [1.807, 2.05) is 25.1 Å². The van der Waals surface area contributed by atoms with Gasteiger partial charge in [0.05, 0.1) is 12.8 Å². The number of aromatic nitrogens is 2. The van der Waals surface area contributed by atoms with Gasteiger partial charge in [-0.1, -0.05) is 27.5 Å². The second-order valence-electron chi connectivity index (χ2n) is 4.00. The molecule has 1 heterocycles. The standard InChI is InChI=1S/C13H13BrClN3O/c1-7-12(15)16-8(2)17-13(7)18-10-6-9(14)4-5-11(10)19-3/h4-6H,1-3H3,(H,16,17,18). The highest BCUT2D eigenvalue weighted by molar-refractivity contribution is 9.10. The Morgan fingerprint density at radius 1 is 1.26 bits per heavy atom. The zero-order valence-electron chi connectivity index (χ0n) is 10.8. The number of halogens is 2. The molecule has 1 aromatic carbocycles. The highest BCUT2D eigenvalue weighted by Crippen LogP contribution is 2.32. The summed E-state index contributed by atoms with van der Waals surface area (Å²) in [5.41, 5.74) is 1.61. The zero-order chi connectivity index (χ0) is 14.0. The predicted octanol–water partition coefficient (Wildman–Crippen LogP) is 4.26. The Hall–Kier alpha value is -1.33. The molecular weight excluding hydrogens is 330 g/mol. The molecule has 0 saturated heterocycles. The van der Waals surface area contributed by atoms with E-state index in [1.165, 1.54) is 0 Å². The summed E-state index contributed by atoms with van der Waals surface area (Å²) in [6.07, 6.45) is 0. The normalized spacial score (nSPS) is 10.4. The molecule has 4 nitrogen and oxygen atoms in total. The van der Waals surface area contributed by atoms with Crippen LogP contribution in [-0.2, 0) is 0 Å². The zero-order valence-corrected chi connectivity index (χ0v) is 13.1. The summed E-state index contributed by atoms with van der Waals surface area (Å²) in [4.78, 5) is 8.47. The van der Waals surface area contributed by atoms with Gasteiger partial charge in [0.1, 0.15) is 22.5 Å². The minimum atomic E-state index is 0.448. The van der Waals surface area contributed by atoms with Crippen LogP contribution in [0.3, 0.4) is 0 Å². The van der Waals surface area contributed by atoms with Gasteiger partial charge in [-0.25, -0.2) is 9.97 Å². The van der Waals surface area contributed by atoms with Crippen LogP contribution in [-0.4, -0.2) is 17.1 Å². The number of anilines is 2. The molecule has 2 rings (SSSR count). The van der Waals surface area contributed by atoms with Gasteiger partial charge in [0.15, 0.2) is 0 Å². The average molecular weight is 343 g/mol. The lowest BCUT2D eigenvalue weighted by molar-refractivity contribution is 0.416. The third-order valence-corrected chi connectivity index (χ3v) is 3.47. The first kappa shape index (κ1) is 14.1. The summed E-state index contributed by atoms with van der Waals surface area (Å²) >= 11 is 9.49. The van der Waals surface area contributed by atoms with Gasteiger partial charge in [0.25, 0.3) is 0 Å². The maximum Gasteiger partial charge on any atom is 0.142 e. The van der Waals surface area contributed by atoms with Gasteiger partial charge in [0, 0.05) is 10.0 Å². The van der Waals surface area contributed by atoms with Gasteiger partial charge >= 0.3 is 0 Å². The quantitative estimate of drug-likeness (QED) is 0.847. The molecule has 0 aliphatic carbocycles. The van der Waals surface area contributed by atoms with Gasteiger partial charge < -0.3 is 10.1 Å². The number of nitrogens with one attached hydrogen (secondary N) is 1. The second kappa shape index (κ2) is 5.75. The summed E-state index contributed by atoms with van der Waals surface area (Å²) < 4.78 is 6.26. The molecule has 1 aromatic heterocycles. The van der Waals surface area contributed by atoms with Crippen molar-refractivity contribution in [3.05, 3.63) is 39.2 Å². The maximum atomic E-state index is 6.06. The molecule has 0 radical (unpaired) electrons. The van der Waals surface area contributed by atoms with E-state index in [-0.39, 0.29) is 0 Å². The Labute approximate surface area is 125 Å². The largest absolute Gasteiger partial charge is 0.495 e. The first-order valence-corrected chi connectivity index (χ1v) is 6.79. The van der Waals surface area contributed by atoms with E-state index in [2.05, 4.69) is 31.2 Å². The molecule has 0 aliphatic heterocycles. The van der Waals surface area contributed by atoms with E-state index in [1.54, 1.807) is 14.0 Å². The Kier molecular flexibility index (Phi) is 4.27. The molecule has 100 valence electrons. The van der Waals surface area contributed by atoms with Gasteiger partial charge in [0.2, 0.25) is 0 Å². The van der Waals surface area contributed by atoms with Crippen LogP contribution in [0.1, 0.15) is 11.4 Å².